The van der Waals surface area contributed by atoms with Crippen molar-refractivity contribution in [2.24, 2.45) is 5.92 Å². The van der Waals surface area contributed by atoms with Gasteiger partial charge in [0, 0.05) is 12.1 Å². The van der Waals surface area contributed by atoms with Crippen LogP contribution in [0.4, 0.5) is 0 Å². The molecule has 5 nitrogen and oxygen atoms in total. The van der Waals surface area contributed by atoms with Gasteiger partial charge in [0.25, 0.3) is 5.91 Å². The second-order valence-corrected chi connectivity index (χ2v) is 5.42. The number of amides is 1. The number of rotatable bonds is 5. The lowest BCUT2D eigenvalue weighted by molar-refractivity contribution is -0.142. The lowest BCUT2D eigenvalue weighted by Gasteiger charge is -2.30. The molecule has 0 saturated carbocycles. The summed E-state index contributed by atoms with van der Waals surface area (Å²) >= 11 is 0. The second-order valence-electron chi connectivity index (χ2n) is 5.42. The summed E-state index contributed by atoms with van der Waals surface area (Å²) in [6.07, 6.45) is 0.778. The van der Waals surface area contributed by atoms with Crippen molar-refractivity contribution in [1.29, 1.82) is 0 Å². The molecule has 21 heavy (non-hydrogen) atoms. The van der Waals surface area contributed by atoms with Crippen molar-refractivity contribution in [3.63, 3.8) is 0 Å². The maximum atomic E-state index is 12.7. The molecule has 5 heteroatoms. The molecule has 2 unspecified atom stereocenters. The van der Waals surface area contributed by atoms with Crippen LogP contribution < -0.4 is 0 Å². The fourth-order valence-electron chi connectivity index (χ4n) is 2.69. The Balaban J connectivity index is 2.26. The quantitative estimate of drug-likeness (QED) is 0.900. The number of hydrogen-bond acceptors (Lipinski definition) is 3. The molecule has 1 N–H and O–H groups in total. The normalized spacial score (nSPS) is 21.2. The van der Waals surface area contributed by atoms with E-state index in [1.807, 2.05) is 32.0 Å². The van der Waals surface area contributed by atoms with E-state index < -0.39 is 17.9 Å². The van der Waals surface area contributed by atoms with E-state index in [-0.39, 0.29) is 19.1 Å². The number of carbonyl (C=O) groups is 2. The minimum atomic E-state index is -0.907. The molecule has 0 aromatic heterocycles. The largest absolute Gasteiger partial charge is 0.481 e. The van der Waals surface area contributed by atoms with Crippen molar-refractivity contribution in [3.8, 4) is 0 Å². The molecule has 114 valence electrons. The first kappa shape index (κ1) is 15.5. The zero-order valence-electron chi connectivity index (χ0n) is 12.4. The number of hydrogen-bond donors (Lipinski definition) is 1. The Morgan fingerprint density at radius 2 is 2.14 bits per heavy atom. The first-order valence-electron chi connectivity index (χ1n) is 7.22. The molecule has 1 aromatic rings. The van der Waals surface area contributed by atoms with Gasteiger partial charge in [0.05, 0.1) is 19.3 Å². The van der Waals surface area contributed by atoms with Crippen molar-refractivity contribution in [1.82, 2.24) is 4.90 Å². The summed E-state index contributed by atoms with van der Waals surface area (Å²) in [5.74, 6) is -1.68. The van der Waals surface area contributed by atoms with Crippen LogP contribution in [-0.4, -0.2) is 47.7 Å². The van der Waals surface area contributed by atoms with Gasteiger partial charge in [-0.1, -0.05) is 24.6 Å². The van der Waals surface area contributed by atoms with Gasteiger partial charge in [-0.25, -0.2) is 0 Å². The topological polar surface area (TPSA) is 66.8 Å². The Kier molecular flexibility index (Phi) is 4.96. The summed E-state index contributed by atoms with van der Waals surface area (Å²) in [4.78, 5) is 25.7. The number of carboxylic acids is 1. The molecule has 0 bridgehead atoms. The van der Waals surface area contributed by atoms with E-state index >= 15 is 0 Å². The van der Waals surface area contributed by atoms with Crippen molar-refractivity contribution in [3.05, 3.63) is 35.4 Å². The van der Waals surface area contributed by atoms with Crippen LogP contribution in [0.25, 0.3) is 0 Å². The van der Waals surface area contributed by atoms with Gasteiger partial charge < -0.3 is 14.7 Å². The molecule has 1 aliphatic heterocycles. The average molecular weight is 291 g/mol. The molecule has 1 aromatic carbocycles. The van der Waals surface area contributed by atoms with Gasteiger partial charge >= 0.3 is 5.97 Å². The van der Waals surface area contributed by atoms with Crippen molar-refractivity contribution in [2.75, 3.05) is 19.8 Å². The van der Waals surface area contributed by atoms with E-state index in [9.17, 15) is 14.7 Å². The third-order valence-electron chi connectivity index (χ3n) is 3.76. The number of aryl methyl sites for hydroxylation is 1. The van der Waals surface area contributed by atoms with Gasteiger partial charge in [0.1, 0.15) is 5.92 Å². The summed E-state index contributed by atoms with van der Waals surface area (Å²) in [6.45, 7) is 4.89. The Bertz CT molecular complexity index is 529. The van der Waals surface area contributed by atoms with E-state index in [0.29, 0.717) is 12.1 Å². The van der Waals surface area contributed by atoms with E-state index in [1.165, 1.54) is 0 Å². The van der Waals surface area contributed by atoms with E-state index in [1.54, 1.807) is 11.0 Å². The molecule has 1 fully saturated rings. The minimum Gasteiger partial charge on any atom is -0.481 e. The highest BCUT2D eigenvalue weighted by molar-refractivity contribution is 5.95. The molecule has 2 rings (SSSR count). The predicted molar refractivity (Wildman–Crippen MR) is 78.2 cm³/mol. The Hall–Kier alpha value is -1.88. The highest BCUT2D eigenvalue weighted by atomic mass is 16.5. The number of ether oxygens (including phenoxy) is 1. The molecule has 0 radical (unpaired) electrons. The van der Waals surface area contributed by atoms with Crippen molar-refractivity contribution in [2.45, 2.75) is 26.3 Å². The van der Waals surface area contributed by atoms with E-state index in [4.69, 9.17) is 4.74 Å². The van der Waals surface area contributed by atoms with E-state index in [2.05, 4.69) is 0 Å². The fraction of sp³-hybridized carbons (Fsp3) is 0.500. The van der Waals surface area contributed by atoms with Gasteiger partial charge in [-0.05, 0) is 25.5 Å². The molecule has 2 atom stereocenters. The monoisotopic (exact) mass is 291 g/mol. The van der Waals surface area contributed by atoms with Crippen LogP contribution in [0, 0.1) is 12.8 Å². The average Bonchev–Trinajstić information content (AvgIpc) is 2.93. The predicted octanol–water partition coefficient (Wildman–Crippen LogP) is 1.95. The maximum Gasteiger partial charge on any atom is 0.311 e. The molecule has 1 amide bonds. The highest BCUT2D eigenvalue weighted by Gasteiger charge is 2.39. The summed E-state index contributed by atoms with van der Waals surface area (Å²) in [6, 6.07) is 6.97. The Labute approximate surface area is 124 Å². The highest BCUT2D eigenvalue weighted by Crippen LogP contribution is 2.22. The van der Waals surface area contributed by atoms with Gasteiger partial charge in [-0.3, -0.25) is 9.59 Å². The van der Waals surface area contributed by atoms with Crippen molar-refractivity contribution >= 4 is 11.9 Å². The van der Waals surface area contributed by atoms with Crippen LogP contribution in [0.1, 0.15) is 29.3 Å². The van der Waals surface area contributed by atoms with Gasteiger partial charge in [0.2, 0.25) is 0 Å². The van der Waals surface area contributed by atoms with Crippen LogP contribution in [0.2, 0.25) is 0 Å². The van der Waals surface area contributed by atoms with Crippen LogP contribution in [0.5, 0.6) is 0 Å². The zero-order valence-corrected chi connectivity index (χ0v) is 12.4. The zero-order chi connectivity index (χ0) is 15.4. The molecule has 0 spiro atoms. The Morgan fingerprint density at radius 3 is 2.76 bits per heavy atom. The smallest absolute Gasteiger partial charge is 0.311 e. The van der Waals surface area contributed by atoms with Crippen molar-refractivity contribution < 1.29 is 19.4 Å². The lowest BCUT2D eigenvalue weighted by atomic mass is 10.0. The number of aliphatic carboxylic acids is 1. The molecule has 0 aliphatic carbocycles. The minimum absolute atomic E-state index is 0.123. The van der Waals surface area contributed by atoms with E-state index in [0.717, 1.165) is 12.0 Å². The third kappa shape index (κ3) is 3.42. The van der Waals surface area contributed by atoms with Gasteiger partial charge in [-0.15, -0.1) is 0 Å². The maximum absolute atomic E-state index is 12.7. The molecule has 1 aliphatic rings. The fourth-order valence-corrected chi connectivity index (χ4v) is 2.69. The molecular formula is C16H21NO4. The molecule has 1 saturated heterocycles. The second kappa shape index (κ2) is 6.72. The standard InChI is InChI=1S/C16H21NO4/c1-3-7-17(14-10-21-9-13(14)16(19)20)15(18)12-6-4-5-11(2)8-12/h4-6,8,13-14H,3,7,9-10H2,1-2H3,(H,19,20). The molecular weight excluding hydrogens is 270 g/mol. The first-order chi connectivity index (χ1) is 10.0. The lowest BCUT2D eigenvalue weighted by Crippen LogP contribution is -2.47. The summed E-state index contributed by atoms with van der Waals surface area (Å²) in [5, 5.41) is 9.28. The number of carbonyl (C=O) groups excluding carboxylic acids is 1. The van der Waals surface area contributed by atoms with Gasteiger partial charge in [-0.2, -0.15) is 0 Å². The van der Waals surface area contributed by atoms with Crippen LogP contribution in [0.15, 0.2) is 24.3 Å². The first-order valence-corrected chi connectivity index (χ1v) is 7.22. The SMILES string of the molecule is CCCN(C(=O)c1cccc(C)c1)C1COCC1C(=O)O. The molecule has 1 heterocycles. The Morgan fingerprint density at radius 1 is 1.38 bits per heavy atom. The summed E-state index contributed by atoms with van der Waals surface area (Å²) in [5.41, 5.74) is 1.61. The summed E-state index contributed by atoms with van der Waals surface area (Å²) < 4.78 is 5.29. The number of benzene rings is 1. The third-order valence-corrected chi connectivity index (χ3v) is 3.76. The number of nitrogens with zero attached hydrogens (tertiary/aromatic N) is 1. The summed E-state index contributed by atoms with van der Waals surface area (Å²) in [7, 11) is 0. The van der Waals surface area contributed by atoms with Gasteiger partial charge in [0.15, 0.2) is 0 Å². The van der Waals surface area contributed by atoms with Crippen LogP contribution in [-0.2, 0) is 9.53 Å². The number of carboxylic acid groups (broad SMARTS) is 1. The van der Waals surface area contributed by atoms with Crippen LogP contribution >= 0.6 is 0 Å². The van der Waals surface area contributed by atoms with Crippen LogP contribution in [0.3, 0.4) is 0 Å².